The van der Waals surface area contributed by atoms with E-state index >= 15 is 0 Å². The first-order valence-corrected chi connectivity index (χ1v) is 9.10. The fourth-order valence-electron chi connectivity index (χ4n) is 3.54. The van der Waals surface area contributed by atoms with Crippen LogP contribution in [0.25, 0.3) is 33.2 Å². The van der Waals surface area contributed by atoms with Crippen molar-refractivity contribution in [2.45, 2.75) is 19.5 Å². The Hall–Kier alpha value is -3.45. The highest BCUT2D eigenvalue weighted by molar-refractivity contribution is 5.96. The van der Waals surface area contributed by atoms with Crippen LogP contribution >= 0.6 is 0 Å². The predicted molar refractivity (Wildman–Crippen MR) is 108 cm³/mol. The summed E-state index contributed by atoms with van der Waals surface area (Å²) in [6.07, 6.45) is 2.72. The molecule has 0 bridgehead atoms. The Labute approximate surface area is 160 Å². The average molecular weight is 376 g/mol. The molecule has 0 unspecified atom stereocenters. The first-order chi connectivity index (χ1) is 13.6. The van der Waals surface area contributed by atoms with Crippen molar-refractivity contribution in [3.8, 4) is 11.3 Å². The van der Waals surface area contributed by atoms with E-state index in [1.54, 1.807) is 18.2 Å². The highest BCUT2D eigenvalue weighted by atomic mass is 16.4. The number of para-hydroxylation sites is 3. The van der Waals surface area contributed by atoms with Gasteiger partial charge in [0.05, 0.1) is 11.0 Å². The number of nitrogens with zero attached hydrogens (tertiary/aromatic N) is 3. The summed E-state index contributed by atoms with van der Waals surface area (Å²) in [5, 5.41) is 10.2. The number of benzene rings is 2. The molecule has 4 rings (SSSR count). The van der Waals surface area contributed by atoms with Gasteiger partial charge in [0.1, 0.15) is 12.2 Å². The molecule has 142 valence electrons. The van der Waals surface area contributed by atoms with Gasteiger partial charge in [-0.05, 0) is 31.2 Å². The highest BCUT2D eigenvalue weighted by Gasteiger charge is 2.18. The van der Waals surface area contributed by atoms with E-state index in [1.807, 2.05) is 36.5 Å². The fraction of sp³-hybridized carbons (Fsp3) is 0.190. The van der Waals surface area contributed by atoms with E-state index in [-0.39, 0.29) is 5.69 Å². The lowest BCUT2D eigenvalue weighted by atomic mass is 10.1. The van der Waals surface area contributed by atoms with E-state index in [4.69, 9.17) is 5.73 Å². The van der Waals surface area contributed by atoms with Crippen molar-refractivity contribution < 1.29 is 9.90 Å². The van der Waals surface area contributed by atoms with Crippen molar-refractivity contribution in [1.82, 2.24) is 14.1 Å². The number of fused-ring (bicyclic) bond motifs is 2. The highest BCUT2D eigenvalue weighted by Crippen LogP contribution is 2.29. The predicted octanol–water partition coefficient (Wildman–Crippen LogP) is 2.45. The zero-order valence-corrected chi connectivity index (χ0v) is 15.2. The molecular weight excluding hydrogens is 356 g/mol. The summed E-state index contributed by atoms with van der Waals surface area (Å²) >= 11 is 0. The van der Waals surface area contributed by atoms with Gasteiger partial charge in [-0.1, -0.05) is 30.3 Å². The van der Waals surface area contributed by atoms with Gasteiger partial charge < -0.3 is 15.4 Å². The first-order valence-electron chi connectivity index (χ1n) is 9.10. The Kier molecular flexibility index (Phi) is 4.67. The minimum absolute atomic E-state index is 0.252. The normalized spacial score (nSPS) is 11.3. The summed E-state index contributed by atoms with van der Waals surface area (Å²) in [6.45, 7) is 0.885. The third kappa shape index (κ3) is 3.05. The van der Waals surface area contributed by atoms with E-state index in [1.165, 1.54) is 4.57 Å². The number of hydrogen-bond donors (Lipinski definition) is 2. The average Bonchev–Trinajstić information content (AvgIpc) is 3.06. The van der Waals surface area contributed by atoms with E-state index in [0.717, 1.165) is 23.9 Å². The largest absolute Gasteiger partial charge is 0.480 e. The van der Waals surface area contributed by atoms with Crippen LogP contribution in [0.15, 0.2) is 59.5 Å². The van der Waals surface area contributed by atoms with Crippen LogP contribution in [0.3, 0.4) is 0 Å². The third-order valence-corrected chi connectivity index (χ3v) is 4.79. The van der Waals surface area contributed by atoms with Crippen LogP contribution in [-0.4, -0.2) is 31.7 Å². The fourth-order valence-corrected chi connectivity index (χ4v) is 3.54. The number of rotatable bonds is 6. The van der Waals surface area contributed by atoms with Crippen molar-refractivity contribution in [1.29, 1.82) is 0 Å². The summed E-state index contributed by atoms with van der Waals surface area (Å²) < 4.78 is 3.33. The van der Waals surface area contributed by atoms with Gasteiger partial charge in [-0.15, -0.1) is 0 Å². The first kappa shape index (κ1) is 17.9. The Morgan fingerprint density at radius 3 is 2.54 bits per heavy atom. The van der Waals surface area contributed by atoms with Crippen LogP contribution in [0.5, 0.6) is 0 Å². The molecule has 3 N–H and O–H groups in total. The van der Waals surface area contributed by atoms with Gasteiger partial charge in [0, 0.05) is 29.2 Å². The lowest BCUT2D eigenvalue weighted by Gasteiger charge is -2.10. The van der Waals surface area contributed by atoms with Crippen LogP contribution < -0.4 is 11.3 Å². The second-order valence-electron chi connectivity index (χ2n) is 6.63. The summed E-state index contributed by atoms with van der Waals surface area (Å²) in [5.74, 6) is -1.07. The number of nitrogens with two attached hydrogens (primary N) is 1. The number of aryl methyl sites for hydroxylation is 1. The quantitative estimate of drug-likeness (QED) is 0.538. The monoisotopic (exact) mass is 376 g/mol. The van der Waals surface area contributed by atoms with Crippen molar-refractivity contribution in [3.63, 3.8) is 0 Å². The van der Waals surface area contributed by atoms with Gasteiger partial charge in [0.15, 0.2) is 0 Å². The molecule has 0 aliphatic carbocycles. The molecule has 0 fully saturated rings. The van der Waals surface area contributed by atoms with Crippen LogP contribution in [0.1, 0.15) is 6.42 Å². The SMILES string of the molecule is NCCCn1cc(-c2nc3ccccc3n(CC(=O)O)c2=O)c2ccccc21. The van der Waals surface area contributed by atoms with Gasteiger partial charge in [-0.2, -0.15) is 0 Å². The molecule has 2 aromatic heterocycles. The number of hydrogen-bond acceptors (Lipinski definition) is 4. The summed E-state index contributed by atoms with van der Waals surface area (Å²) in [4.78, 5) is 29.1. The standard InChI is InChI=1S/C21H20N4O3/c22-10-5-11-24-12-15(14-6-1-3-8-17(14)24)20-21(28)25(13-19(26)27)18-9-4-2-7-16(18)23-20/h1-4,6-9,12H,5,10-11,13,22H2,(H,26,27). The molecule has 0 amide bonds. The molecule has 0 saturated heterocycles. The Morgan fingerprint density at radius 1 is 1.07 bits per heavy atom. The van der Waals surface area contributed by atoms with Crippen LogP contribution in [0, 0.1) is 0 Å². The zero-order valence-electron chi connectivity index (χ0n) is 15.2. The number of carboxylic acids is 1. The van der Waals surface area contributed by atoms with Crippen LogP contribution in [0.2, 0.25) is 0 Å². The zero-order chi connectivity index (χ0) is 19.7. The minimum Gasteiger partial charge on any atom is -0.480 e. The molecule has 0 saturated carbocycles. The smallest absolute Gasteiger partial charge is 0.323 e. The van der Waals surface area contributed by atoms with Gasteiger partial charge in [0.2, 0.25) is 0 Å². The topological polar surface area (TPSA) is 103 Å². The molecule has 0 radical (unpaired) electrons. The summed E-state index contributed by atoms with van der Waals surface area (Å²) in [7, 11) is 0. The number of aromatic nitrogens is 3. The van der Waals surface area contributed by atoms with Crippen molar-refractivity contribution >= 4 is 27.9 Å². The lowest BCUT2D eigenvalue weighted by molar-refractivity contribution is -0.137. The van der Waals surface area contributed by atoms with Gasteiger partial charge >= 0.3 is 5.97 Å². The van der Waals surface area contributed by atoms with Crippen LogP contribution in [0.4, 0.5) is 0 Å². The molecule has 0 aliphatic heterocycles. The van der Waals surface area contributed by atoms with E-state index in [0.29, 0.717) is 23.1 Å². The molecule has 0 aliphatic rings. The number of carboxylic acid groups (broad SMARTS) is 1. The lowest BCUT2D eigenvalue weighted by Crippen LogP contribution is -2.26. The van der Waals surface area contributed by atoms with Crippen LogP contribution in [-0.2, 0) is 17.9 Å². The van der Waals surface area contributed by atoms with Crippen molar-refractivity contribution in [2.75, 3.05) is 6.54 Å². The Bertz CT molecular complexity index is 1240. The maximum absolute atomic E-state index is 13.2. The number of aliphatic carboxylic acids is 1. The number of carbonyl (C=O) groups is 1. The second kappa shape index (κ2) is 7.28. The van der Waals surface area contributed by atoms with Crippen molar-refractivity contribution in [2.24, 2.45) is 5.73 Å². The molecule has 0 atom stereocenters. The molecule has 2 heterocycles. The van der Waals surface area contributed by atoms with E-state index in [9.17, 15) is 14.7 Å². The molecule has 7 nitrogen and oxygen atoms in total. The Balaban J connectivity index is 2.01. The third-order valence-electron chi connectivity index (χ3n) is 4.79. The Morgan fingerprint density at radius 2 is 1.79 bits per heavy atom. The van der Waals surface area contributed by atoms with E-state index in [2.05, 4.69) is 9.55 Å². The minimum atomic E-state index is -1.07. The molecule has 4 aromatic rings. The maximum Gasteiger partial charge on any atom is 0.323 e. The van der Waals surface area contributed by atoms with Gasteiger partial charge in [-0.3, -0.25) is 14.2 Å². The molecule has 7 heteroatoms. The molecule has 0 spiro atoms. The summed E-state index contributed by atoms with van der Waals surface area (Å²) in [6, 6.07) is 14.9. The summed E-state index contributed by atoms with van der Waals surface area (Å²) in [5.41, 5.74) is 8.27. The van der Waals surface area contributed by atoms with Gasteiger partial charge in [0.25, 0.3) is 5.56 Å². The molecule has 28 heavy (non-hydrogen) atoms. The van der Waals surface area contributed by atoms with E-state index < -0.39 is 18.1 Å². The van der Waals surface area contributed by atoms with Crippen molar-refractivity contribution in [3.05, 3.63) is 65.1 Å². The maximum atomic E-state index is 13.2. The van der Waals surface area contributed by atoms with Gasteiger partial charge in [-0.25, -0.2) is 4.98 Å². The second-order valence-corrected chi connectivity index (χ2v) is 6.63. The molecule has 2 aromatic carbocycles. The molecular formula is C21H20N4O3.